The molecule has 0 aromatic heterocycles. The van der Waals surface area contributed by atoms with Gasteiger partial charge in [0.2, 0.25) is 0 Å². The van der Waals surface area contributed by atoms with Crippen LogP contribution in [0.15, 0.2) is 0 Å². The molecule has 0 radical (unpaired) electrons. The number of thioether (sulfide) groups is 1. The van der Waals surface area contributed by atoms with E-state index in [2.05, 4.69) is 17.0 Å². The molecule has 5 nitrogen and oxygen atoms in total. The molecule has 7 heteroatoms. The minimum atomic E-state index is -3.32. The summed E-state index contributed by atoms with van der Waals surface area (Å²) in [5.41, 5.74) is 0. The first kappa shape index (κ1) is 18.2. The van der Waals surface area contributed by atoms with Crippen molar-refractivity contribution < 1.29 is 8.42 Å². The van der Waals surface area contributed by atoms with Gasteiger partial charge >= 0.3 is 0 Å². The summed E-state index contributed by atoms with van der Waals surface area (Å²) in [6.07, 6.45) is 3.89. The maximum Gasteiger partial charge on any atom is 0.279 e. The zero-order valence-corrected chi connectivity index (χ0v) is 14.7. The van der Waals surface area contributed by atoms with Crippen molar-refractivity contribution in [2.24, 2.45) is 5.92 Å². The third-order valence-corrected chi connectivity index (χ3v) is 6.63. The molecular formula is C13H29N3O2S2. The molecule has 1 aliphatic rings. The van der Waals surface area contributed by atoms with E-state index < -0.39 is 10.2 Å². The second-order valence-electron chi connectivity index (χ2n) is 5.94. The van der Waals surface area contributed by atoms with Crippen LogP contribution in [0.1, 0.15) is 33.6 Å². The number of nitrogens with zero attached hydrogens (tertiary/aromatic N) is 1. The number of piperidine rings is 1. The Bertz CT molecular complexity index is 377. The zero-order valence-electron chi connectivity index (χ0n) is 13.1. The van der Waals surface area contributed by atoms with Gasteiger partial charge in [0, 0.05) is 24.4 Å². The lowest BCUT2D eigenvalue weighted by Crippen LogP contribution is -2.48. The van der Waals surface area contributed by atoms with Gasteiger partial charge in [-0.05, 0) is 52.0 Å². The first-order valence-electron chi connectivity index (χ1n) is 7.31. The summed E-state index contributed by atoms with van der Waals surface area (Å²) in [6, 6.07) is 0. The molecule has 0 spiro atoms. The lowest BCUT2D eigenvalue weighted by Gasteiger charge is -2.32. The normalized spacial score (nSPS) is 19.4. The second-order valence-corrected chi connectivity index (χ2v) is 9.21. The van der Waals surface area contributed by atoms with Crippen molar-refractivity contribution in [1.82, 2.24) is 14.3 Å². The highest BCUT2D eigenvalue weighted by molar-refractivity contribution is 8.00. The first-order valence-corrected chi connectivity index (χ1v) is 9.98. The molecule has 0 aromatic carbocycles. The van der Waals surface area contributed by atoms with Gasteiger partial charge in [0.05, 0.1) is 0 Å². The van der Waals surface area contributed by atoms with Gasteiger partial charge in [0.1, 0.15) is 0 Å². The smallest absolute Gasteiger partial charge is 0.279 e. The molecule has 0 aliphatic carbocycles. The number of rotatable bonds is 8. The number of hydrogen-bond acceptors (Lipinski definition) is 4. The van der Waals surface area contributed by atoms with Crippen molar-refractivity contribution in [2.75, 3.05) is 39.0 Å². The van der Waals surface area contributed by atoms with Crippen LogP contribution in [0.4, 0.5) is 0 Å². The number of nitrogens with one attached hydrogen (secondary N) is 2. The summed E-state index contributed by atoms with van der Waals surface area (Å²) in [4.78, 5) is 0. The fourth-order valence-corrected chi connectivity index (χ4v) is 3.86. The average Bonchev–Trinajstić information content (AvgIpc) is 2.44. The Morgan fingerprint density at radius 1 is 1.30 bits per heavy atom. The lowest BCUT2D eigenvalue weighted by atomic mass is 9.98. The van der Waals surface area contributed by atoms with E-state index in [9.17, 15) is 8.42 Å². The summed E-state index contributed by atoms with van der Waals surface area (Å²) >= 11 is 1.67. The molecule has 120 valence electrons. The molecular weight excluding hydrogens is 294 g/mol. The molecule has 1 saturated heterocycles. The van der Waals surface area contributed by atoms with E-state index in [0.29, 0.717) is 25.6 Å². The van der Waals surface area contributed by atoms with Crippen LogP contribution < -0.4 is 10.0 Å². The standard InChI is InChI=1S/C13H29N3O2S2/c1-5-14-10-12-6-8-16(9-7-12)20(17,18)15-11-13(2,3)19-4/h12,14-15H,5-11H2,1-4H3. The van der Waals surface area contributed by atoms with E-state index >= 15 is 0 Å². The van der Waals surface area contributed by atoms with Crippen molar-refractivity contribution in [3.63, 3.8) is 0 Å². The van der Waals surface area contributed by atoms with Gasteiger partial charge < -0.3 is 5.32 Å². The van der Waals surface area contributed by atoms with Crippen molar-refractivity contribution in [3.05, 3.63) is 0 Å². The van der Waals surface area contributed by atoms with Gasteiger partial charge in [-0.2, -0.15) is 24.5 Å². The van der Waals surface area contributed by atoms with E-state index in [1.807, 2.05) is 20.1 Å². The molecule has 0 atom stereocenters. The van der Waals surface area contributed by atoms with Gasteiger partial charge in [-0.1, -0.05) is 6.92 Å². The van der Waals surface area contributed by atoms with Crippen LogP contribution >= 0.6 is 11.8 Å². The van der Waals surface area contributed by atoms with Crippen LogP contribution in [0.2, 0.25) is 0 Å². The SMILES string of the molecule is CCNCC1CCN(S(=O)(=O)NCC(C)(C)SC)CC1. The van der Waals surface area contributed by atoms with Crippen LogP contribution in [-0.4, -0.2) is 56.4 Å². The van der Waals surface area contributed by atoms with Crippen LogP contribution in [0, 0.1) is 5.92 Å². The van der Waals surface area contributed by atoms with Gasteiger partial charge in [-0.3, -0.25) is 0 Å². The minimum absolute atomic E-state index is 0.0730. The Morgan fingerprint density at radius 2 is 1.90 bits per heavy atom. The third kappa shape index (κ3) is 5.89. The Morgan fingerprint density at radius 3 is 2.40 bits per heavy atom. The van der Waals surface area contributed by atoms with Crippen LogP contribution in [-0.2, 0) is 10.2 Å². The maximum atomic E-state index is 12.3. The maximum absolute atomic E-state index is 12.3. The fraction of sp³-hybridized carbons (Fsp3) is 1.00. The average molecular weight is 324 g/mol. The van der Waals surface area contributed by atoms with E-state index in [-0.39, 0.29) is 4.75 Å². The molecule has 1 aliphatic heterocycles. The molecule has 1 rings (SSSR count). The largest absolute Gasteiger partial charge is 0.317 e. The second kappa shape index (κ2) is 7.98. The molecule has 0 bridgehead atoms. The minimum Gasteiger partial charge on any atom is -0.317 e. The fourth-order valence-electron chi connectivity index (χ4n) is 2.13. The van der Waals surface area contributed by atoms with Gasteiger partial charge in [-0.25, -0.2) is 4.72 Å². The molecule has 0 aromatic rings. The first-order chi connectivity index (χ1) is 9.30. The molecule has 1 heterocycles. The van der Waals surface area contributed by atoms with Gasteiger partial charge in [0.15, 0.2) is 0 Å². The van der Waals surface area contributed by atoms with E-state index in [1.165, 1.54) is 0 Å². The molecule has 0 amide bonds. The molecule has 0 saturated carbocycles. The Kier molecular flexibility index (Phi) is 7.28. The predicted octanol–water partition coefficient (Wildman–Crippen LogP) is 1.28. The van der Waals surface area contributed by atoms with Crippen LogP contribution in [0.3, 0.4) is 0 Å². The van der Waals surface area contributed by atoms with Gasteiger partial charge in [-0.15, -0.1) is 0 Å². The Hall–Kier alpha value is 0.180. The quantitative estimate of drug-likeness (QED) is 0.706. The Balaban J connectivity index is 2.43. The van der Waals surface area contributed by atoms with Crippen molar-refractivity contribution in [1.29, 1.82) is 0 Å². The van der Waals surface area contributed by atoms with Gasteiger partial charge in [0.25, 0.3) is 10.2 Å². The number of hydrogen-bond donors (Lipinski definition) is 2. The van der Waals surface area contributed by atoms with Crippen LogP contribution in [0.5, 0.6) is 0 Å². The summed E-state index contributed by atoms with van der Waals surface area (Å²) in [5, 5.41) is 3.34. The molecule has 1 fully saturated rings. The summed E-state index contributed by atoms with van der Waals surface area (Å²) < 4.78 is 28.8. The lowest BCUT2D eigenvalue weighted by molar-refractivity contribution is 0.266. The van der Waals surface area contributed by atoms with E-state index in [4.69, 9.17) is 0 Å². The zero-order chi connectivity index (χ0) is 15.2. The Labute approximate surface area is 128 Å². The van der Waals surface area contributed by atoms with Crippen molar-refractivity contribution in [2.45, 2.75) is 38.4 Å². The highest BCUT2D eigenvalue weighted by Crippen LogP contribution is 2.22. The predicted molar refractivity (Wildman–Crippen MR) is 87.4 cm³/mol. The summed E-state index contributed by atoms with van der Waals surface area (Å²) in [5.74, 6) is 0.601. The molecule has 2 N–H and O–H groups in total. The van der Waals surface area contributed by atoms with E-state index in [1.54, 1.807) is 16.1 Å². The van der Waals surface area contributed by atoms with Crippen LogP contribution in [0.25, 0.3) is 0 Å². The van der Waals surface area contributed by atoms with E-state index in [0.717, 1.165) is 25.9 Å². The molecule has 20 heavy (non-hydrogen) atoms. The van der Waals surface area contributed by atoms with Crippen molar-refractivity contribution in [3.8, 4) is 0 Å². The monoisotopic (exact) mass is 323 g/mol. The van der Waals surface area contributed by atoms with Crippen molar-refractivity contribution >= 4 is 22.0 Å². The third-order valence-electron chi connectivity index (χ3n) is 3.83. The highest BCUT2D eigenvalue weighted by atomic mass is 32.2. The topological polar surface area (TPSA) is 61.4 Å². The summed E-state index contributed by atoms with van der Waals surface area (Å²) in [6.45, 7) is 9.88. The molecule has 0 unspecified atom stereocenters. The summed E-state index contributed by atoms with van der Waals surface area (Å²) in [7, 11) is -3.32. The highest BCUT2D eigenvalue weighted by Gasteiger charge is 2.29.